The number of carbonyl (C=O) groups is 1. The first kappa shape index (κ1) is 23.3. The SMILES string of the molecule is Cc1ccc2c(=O)n(CCC(C(=O)O)C(O)CCc3ccc(-c4ccccc4)cc3)nnc2c1. The Kier molecular flexibility index (Phi) is 7.13. The topological polar surface area (TPSA) is 105 Å². The molecule has 2 N–H and O–H groups in total. The minimum absolute atomic E-state index is 0.0649. The number of carboxylic acid groups (broad SMARTS) is 1. The van der Waals surface area contributed by atoms with E-state index in [1.807, 2.05) is 67.6 Å². The van der Waals surface area contributed by atoms with Crippen molar-refractivity contribution in [1.29, 1.82) is 0 Å². The molecule has 0 saturated carbocycles. The van der Waals surface area contributed by atoms with Gasteiger partial charge in [0.15, 0.2) is 0 Å². The molecule has 0 bridgehead atoms. The van der Waals surface area contributed by atoms with E-state index < -0.39 is 18.0 Å². The summed E-state index contributed by atoms with van der Waals surface area (Å²) in [5.74, 6) is -2.10. The van der Waals surface area contributed by atoms with Crippen LogP contribution in [-0.4, -0.2) is 37.3 Å². The molecular weight excluding hydrogens is 430 g/mol. The van der Waals surface area contributed by atoms with Crippen molar-refractivity contribution in [1.82, 2.24) is 15.0 Å². The Bertz CT molecular complexity index is 1330. The normalized spacial score (nSPS) is 13.0. The number of benzene rings is 3. The lowest BCUT2D eigenvalue weighted by Crippen LogP contribution is -2.32. The lowest BCUT2D eigenvalue weighted by Gasteiger charge is -2.19. The first-order valence-electron chi connectivity index (χ1n) is 11.3. The van der Waals surface area contributed by atoms with E-state index in [0.29, 0.717) is 23.7 Å². The van der Waals surface area contributed by atoms with Crippen molar-refractivity contribution >= 4 is 16.9 Å². The Morgan fingerprint density at radius 2 is 1.68 bits per heavy atom. The third-order valence-electron chi connectivity index (χ3n) is 6.10. The summed E-state index contributed by atoms with van der Waals surface area (Å²) in [4.78, 5) is 24.5. The number of aliphatic carboxylic acids is 1. The molecule has 0 aliphatic heterocycles. The van der Waals surface area contributed by atoms with Gasteiger partial charge in [-0.3, -0.25) is 9.59 Å². The van der Waals surface area contributed by atoms with Gasteiger partial charge >= 0.3 is 5.97 Å². The zero-order valence-electron chi connectivity index (χ0n) is 19.0. The van der Waals surface area contributed by atoms with Crippen LogP contribution in [0.25, 0.3) is 22.0 Å². The molecule has 0 aliphatic rings. The summed E-state index contributed by atoms with van der Waals surface area (Å²) in [6, 6.07) is 23.4. The zero-order valence-corrected chi connectivity index (χ0v) is 19.0. The Morgan fingerprint density at radius 1 is 0.971 bits per heavy atom. The molecule has 1 aromatic heterocycles. The molecule has 7 heteroatoms. The molecule has 4 rings (SSSR count). The van der Waals surface area contributed by atoms with Gasteiger partial charge in [0.25, 0.3) is 5.56 Å². The van der Waals surface area contributed by atoms with E-state index in [2.05, 4.69) is 10.3 Å². The summed E-state index contributed by atoms with van der Waals surface area (Å²) in [6.45, 7) is 1.97. The van der Waals surface area contributed by atoms with Crippen LogP contribution in [0.3, 0.4) is 0 Å². The van der Waals surface area contributed by atoms with Crippen molar-refractivity contribution in [2.75, 3.05) is 0 Å². The second kappa shape index (κ2) is 10.4. The van der Waals surface area contributed by atoms with Crippen LogP contribution in [0.1, 0.15) is 24.0 Å². The standard InChI is InChI=1S/C27H27N3O4/c1-18-7-13-22-24(17-18)28-29-30(26(22)32)16-15-23(27(33)34)25(31)14-10-19-8-11-21(12-9-19)20-5-3-2-4-6-20/h2-9,11-13,17,23,25,31H,10,14-16H2,1H3,(H,33,34). The van der Waals surface area contributed by atoms with Gasteiger partial charge in [0.1, 0.15) is 5.52 Å². The van der Waals surface area contributed by atoms with Crippen molar-refractivity contribution in [2.45, 2.75) is 38.8 Å². The molecule has 0 radical (unpaired) electrons. The number of rotatable bonds is 9. The highest BCUT2D eigenvalue weighted by molar-refractivity contribution is 5.77. The van der Waals surface area contributed by atoms with Gasteiger partial charge in [-0.05, 0) is 60.6 Å². The molecule has 0 fully saturated rings. The van der Waals surface area contributed by atoms with Crippen LogP contribution >= 0.6 is 0 Å². The van der Waals surface area contributed by atoms with Gasteiger partial charge in [-0.15, -0.1) is 5.10 Å². The Hall–Kier alpha value is -3.84. The van der Waals surface area contributed by atoms with Gasteiger partial charge in [-0.25, -0.2) is 4.68 Å². The molecule has 34 heavy (non-hydrogen) atoms. The number of aliphatic hydroxyl groups excluding tert-OH is 1. The first-order valence-corrected chi connectivity index (χ1v) is 11.3. The van der Waals surface area contributed by atoms with E-state index in [-0.39, 0.29) is 18.5 Å². The smallest absolute Gasteiger partial charge is 0.309 e. The summed E-state index contributed by atoms with van der Waals surface area (Å²) in [7, 11) is 0. The fourth-order valence-corrected chi connectivity index (χ4v) is 4.09. The highest BCUT2D eigenvalue weighted by Gasteiger charge is 2.26. The second-order valence-electron chi connectivity index (χ2n) is 8.54. The predicted octanol–water partition coefficient (Wildman–Crippen LogP) is 3.85. The summed E-state index contributed by atoms with van der Waals surface area (Å²) in [6.07, 6.45) is -0.109. The number of hydrogen-bond acceptors (Lipinski definition) is 5. The molecule has 2 unspecified atom stereocenters. The van der Waals surface area contributed by atoms with E-state index >= 15 is 0 Å². The third kappa shape index (κ3) is 5.38. The predicted molar refractivity (Wildman–Crippen MR) is 130 cm³/mol. The number of aliphatic hydroxyl groups is 1. The van der Waals surface area contributed by atoms with Gasteiger partial charge in [0, 0.05) is 6.54 Å². The van der Waals surface area contributed by atoms with Crippen LogP contribution in [0.2, 0.25) is 0 Å². The van der Waals surface area contributed by atoms with Crippen LogP contribution in [-0.2, 0) is 17.8 Å². The lowest BCUT2D eigenvalue weighted by atomic mass is 9.93. The Balaban J connectivity index is 1.38. The molecule has 174 valence electrons. The van der Waals surface area contributed by atoms with Gasteiger partial charge in [0.05, 0.1) is 17.4 Å². The number of aromatic nitrogens is 3. The van der Waals surface area contributed by atoms with Crippen molar-refractivity contribution in [3.8, 4) is 11.1 Å². The van der Waals surface area contributed by atoms with Crippen LogP contribution in [0.5, 0.6) is 0 Å². The average Bonchev–Trinajstić information content (AvgIpc) is 2.84. The average molecular weight is 458 g/mol. The van der Waals surface area contributed by atoms with Crippen LogP contribution in [0.4, 0.5) is 0 Å². The fraction of sp³-hybridized carbons (Fsp3) is 0.259. The number of aryl methyl sites for hydroxylation is 3. The molecule has 0 amide bonds. The first-order chi connectivity index (χ1) is 16.4. The number of hydrogen-bond donors (Lipinski definition) is 2. The Labute approximate surface area is 197 Å². The van der Waals surface area contributed by atoms with Crippen LogP contribution in [0, 0.1) is 12.8 Å². The largest absolute Gasteiger partial charge is 0.481 e. The van der Waals surface area contributed by atoms with Crippen molar-refractivity contribution < 1.29 is 15.0 Å². The zero-order chi connectivity index (χ0) is 24.1. The minimum Gasteiger partial charge on any atom is -0.481 e. The highest BCUT2D eigenvalue weighted by atomic mass is 16.4. The molecule has 0 spiro atoms. The minimum atomic E-state index is -1.09. The summed E-state index contributed by atoms with van der Waals surface area (Å²) in [5, 5.41) is 28.7. The molecular formula is C27H27N3O4. The summed E-state index contributed by atoms with van der Waals surface area (Å²) < 4.78 is 1.17. The maximum absolute atomic E-state index is 12.7. The Morgan fingerprint density at radius 3 is 2.38 bits per heavy atom. The number of carboxylic acids is 1. The van der Waals surface area contributed by atoms with Crippen LogP contribution < -0.4 is 5.56 Å². The van der Waals surface area contributed by atoms with E-state index in [4.69, 9.17) is 0 Å². The molecule has 7 nitrogen and oxygen atoms in total. The molecule has 4 aromatic rings. The van der Waals surface area contributed by atoms with Gasteiger partial charge in [-0.2, -0.15) is 0 Å². The van der Waals surface area contributed by atoms with Crippen molar-refractivity contribution in [3.05, 3.63) is 94.3 Å². The molecule has 2 atom stereocenters. The summed E-state index contributed by atoms with van der Waals surface area (Å²) >= 11 is 0. The van der Waals surface area contributed by atoms with Gasteiger partial charge in [-0.1, -0.05) is 65.9 Å². The molecule has 3 aromatic carbocycles. The molecule has 1 heterocycles. The number of fused-ring (bicyclic) bond motifs is 1. The highest BCUT2D eigenvalue weighted by Crippen LogP contribution is 2.21. The maximum Gasteiger partial charge on any atom is 0.309 e. The van der Waals surface area contributed by atoms with E-state index in [1.165, 1.54) is 4.68 Å². The number of nitrogens with zero attached hydrogens (tertiary/aromatic N) is 3. The van der Waals surface area contributed by atoms with Crippen LogP contribution in [0.15, 0.2) is 77.6 Å². The van der Waals surface area contributed by atoms with Gasteiger partial charge < -0.3 is 10.2 Å². The maximum atomic E-state index is 12.7. The van der Waals surface area contributed by atoms with E-state index in [9.17, 15) is 19.8 Å². The molecule has 0 aliphatic carbocycles. The summed E-state index contributed by atoms with van der Waals surface area (Å²) in [5.41, 5.74) is 4.42. The second-order valence-corrected chi connectivity index (χ2v) is 8.54. The third-order valence-corrected chi connectivity index (χ3v) is 6.10. The fourth-order valence-electron chi connectivity index (χ4n) is 4.09. The van der Waals surface area contributed by atoms with E-state index in [0.717, 1.165) is 22.3 Å². The lowest BCUT2D eigenvalue weighted by molar-refractivity contribution is -0.146. The molecule has 0 saturated heterocycles. The monoisotopic (exact) mass is 457 g/mol. The van der Waals surface area contributed by atoms with Gasteiger partial charge in [0.2, 0.25) is 0 Å². The van der Waals surface area contributed by atoms with E-state index in [1.54, 1.807) is 12.1 Å². The van der Waals surface area contributed by atoms with Crippen molar-refractivity contribution in [2.24, 2.45) is 5.92 Å². The van der Waals surface area contributed by atoms with Crippen molar-refractivity contribution in [3.63, 3.8) is 0 Å². The quantitative estimate of drug-likeness (QED) is 0.396.